The normalized spacial score (nSPS) is 14.2. The lowest BCUT2D eigenvalue weighted by Crippen LogP contribution is -2.32. The van der Waals surface area contributed by atoms with Crippen molar-refractivity contribution in [1.29, 1.82) is 0 Å². The van der Waals surface area contributed by atoms with Gasteiger partial charge in [0.05, 0.1) is 4.90 Å². The molecule has 3 aromatic rings. The van der Waals surface area contributed by atoms with Crippen molar-refractivity contribution in [1.82, 2.24) is 9.88 Å². The fourth-order valence-corrected chi connectivity index (χ4v) is 4.72. The maximum atomic E-state index is 13.0. The standard InChI is InChI=1S/C22H23N3O4S/c1-2-15-5-7-16(8-6-15)24-30(28,29)17-9-10-20-18(13-17)21(26)19(14-23-20)22(27)25-11-3-4-12-25/h5-10,13-14,24H,2-4,11-12H2,1H3,(H,23,26). The zero-order valence-electron chi connectivity index (χ0n) is 16.6. The van der Waals surface area contributed by atoms with Crippen LogP contribution in [0.3, 0.4) is 0 Å². The Hall–Kier alpha value is -3.13. The van der Waals surface area contributed by atoms with Crippen LogP contribution in [0.1, 0.15) is 35.7 Å². The van der Waals surface area contributed by atoms with Crippen LogP contribution in [0.2, 0.25) is 0 Å². The summed E-state index contributed by atoms with van der Waals surface area (Å²) in [7, 11) is -3.89. The van der Waals surface area contributed by atoms with Crippen molar-refractivity contribution in [2.24, 2.45) is 0 Å². The van der Waals surface area contributed by atoms with Crippen LogP contribution < -0.4 is 10.2 Å². The number of aromatic amines is 1. The van der Waals surface area contributed by atoms with E-state index in [4.69, 9.17) is 0 Å². The van der Waals surface area contributed by atoms with Gasteiger partial charge in [-0.15, -0.1) is 0 Å². The number of likely N-dealkylation sites (tertiary alicyclic amines) is 1. The number of carbonyl (C=O) groups excluding carboxylic acids is 1. The number of fused-ring (bicyclic) bond motifs is 1. The molecule has 0 bridgehead atoms. The number of pyridine rings is 1. The minimum absolute atomic E-state index is 0.0297. The molecule has 8 heteroatoms. The Morgan fingerprint density at radius 2 is 1.80 bits per heavy atom. The topological polar surface area (TPSA) is 99.3 Å². The van der Waals surface area contributed by atoms with Gasteiger partial charge in [-0.2, -0.15) is 0 Å². The minimum atomic E-state index is -3.89. The number of sulfonamides is 1. The number of carbonyl (C=O) groups is 1. The lowest BCUT2D eigenvalue weighted by atomic mass is 10.1. The van der Waals surface area contributed by atoms with Gasteiger partial charge < -0.3 is 9.88 Å². The fourth-order valence-electron chi connectivity index (χ4n) is 3.64. The molecule has 1 amide bonds. The number of rotatable bonds is 5. The molecular weight excluding hydrogens is 402 g/mol. The summed E-state index contributed by atoms with van der Waals surface area (Å²) in [6.07, 6.45) is 4.11. The van der Waals surface area contributed by atoms with Crippen LogP contribution in [0.4, 0.5) is 5.69 Å². The Bertz CT molecular complexity index is 1260. The number of nitrogens with zero attached hydrogens (tertiary/aromatic N) is 1. The first-order chi connectivity index (χ1) is 14.4. The second-order valence-electron chi connectivity index (χ2n) is 7.39. The van der Waals surface area contributed by atoms with Crippen LogP contribution in [0.25, 0.3) is 10.9 Å². The molecule has 156 valence electrons. The summed E-state index contributed by atoms with van der Waals surface area (Å²) in [6, 6.07) is 11.4. The minimum Gasteiger partial charge on any atom is -0.360 e. The zero-order valence-corrected chi connectivity index (χ0v) is 17.5. The van der Waals surface area contributed by atoms with E-state index < -0.39 is 15.5 Å². The van der Waals surface area contributed by atoms with E-state index in [9.17, 15) is 18.0 Å². The Morgan fingerprint density at radius 1 is 1.10 bits per heavy atom. The summed E-state index contributed by atoms with van der Waals surface area (Å²) in [6.45, 7) is 3.28. The second-order valence-corrected chi connectivity index (χ2v) is 9.08. The SMILES string of the molecule is CCc1ccc(NS(=O)(=O)c2ccc3[nH]cc(C(=O)N4CCCC4)c(=O)c3c2)cc1. The number of aryl methyl sites for hydroxylation is 1. The van der Waals surface area contributed by atoms with Crippen molar-refractivity contribution in [3.8, 4) is 0 Å². The highest BCUT2D eigenvalue weighted by molar-refractivity contribution is 7.92. The van der Waals surface area contributed by atoms with Gasteiger partial charge in [-0.3, -0.25) is 14.3 Å². The van der Waals surface area contributed by atoms with Gasteiger partial charge in [0.2, 0.25) is 5.43 Å². The van der Waals surface area contributed by atoms with E-state index in [-0.39, 0.29) is 21.8 Å². The molecule has 4 rings (SSSR count). The van der Waals surface area contributed by atoms with Gasteiger partial charge >= 0.3 is 0 Å². The molecule has 0 radical (unpaired) electrons. The quantitative estimate of drug-likeness (QED) is 0.656. The molecule has 1 fully saturated rings. The van der Waals surface area contributed by atoms with E-state index in [0.29, 0.717) is 24.3 Å². The van der Waals surface area contributed by atoms with E-state index in [1.807, 2.05) is 19.1 Å². The molecule has 1 saturated heterocycles. The summed E-state index contributed by atoms with van der Waals surface area (Å²) >= 11 is 0. The molecule has 1 aromatic heterocycles. The summed E-state index contributed by atoms with van der Waals surface area (Å²) in [5, 5.41) is 0.171. The van der Waals surface area contributed by atoms with Crippen molar-refractivity contribution >= 4 is 32.5 Å². The third-order valence-corrected chi connectivity index (χ3v) is 6.78. The van der Waals surface area contributed by atoms with Crippen LogP contribution in [0.15, 0.2) is 58.4 Å². The van der Waals surface area contributed by atoms with Gasteiger partial charge in [-0.1, -0.05) is 19.1 Å². The van der Waals surface area contributed by atoms with Gasteiger partial charge in [0.15, 0.2) is 0 Å². The first kappa shape index (κ1) is 20.2. The summed E-state index contributed by atoms with van der Waals surface area (Å²) in [4.78, 5) is 30.2. The molecule has 1 aliphatic heterocycles. The maximum absolute atomic E-state index is 13.0. The maximum Gasteiger partial charge on any atom is 0.261 e. The highest BCUT2D eigenvalue weighted by atomic mass is 32.2. The van der Waals surface area contributed by atoms with E-state index >= 15 is 0 Å². The van der Waals surface area contributed by atoms with Gasteiger partial charge in [-0.25, -0.2) is 8.42 Å². The molecular formula is C22H23N3O4S. The lowest BCUT2D eigenvalue weighted by molar-refractivity contribution is 0.0791. The lowest BCUT2D eigenvalue weighted by Gasteiger charge is -2.15. The molecule has 2 heterocycles. The molecule has 7 nitrogen and oxygen atoms in total. The summed E-state index contributed by atoms with van der Waals surface area (Å²) in [5.74, 6) is -0.321. The van der Waals surface area contributed by atoms with E-state index in [2.05, 4.69) is 9.71 Å². The number of amides is 1. The number of anilines is 1. The summed E-state index contributed by atoms with van der Waals surface area (Å²) < 4.78 is 28.2. The van der Waals surface area contributed by atoms with Crippen molar-refractivity contribution < 1.29 is 13.2 Å². The second kappa shape index (κ2) is 7.95. The van der Waals surface area contributed by atoms with Crippen molar-refractivity contribution in [2.45, 2.75) is 31.1 Å². The number of aromatic nitrogens is 1. The largest absolute Gasteiger partial charge is 0.360 e. The Balaban J connectivity index is 1.69. The van der Waals surface area contributed by atoms with Crippen LogP contribution >= 0.6 is 0 Å². The zero-order chi connectivity index (χ0) is 21.3. The summed E-state index contributed by atoms with van der Waals surface area (Å²) in [5.41, 5.74) is 1.58. The third-order valence-electron chi connectivity index (χ3n) is 5.40. The highest BCUT2D eigenvalue weighted by Crippen LogP contribution is 2.20. The van der Waals surface area contributed by atoms with Gasteiger partial charge in [0.1, 0.15) is 5.56 Å². The first-order valence-electron chi connectivity index (χ1n) is 9.95. The monoisotopic (exact) mass is 425 g/mol. The third kappa shape index (κ3) is 3.82. The van der Waals surface area contributed by atoms with Crippen LogP contribution in [-0.4, -0.2) is 37.3 Å². The molecule has 0 unspecified atom stereocenters. The van der Waals surface area contributed by atoms with Crippen LogP contribution in [-0.2, 0) is 16.4 Å². The van der Waals surface area contributed by atoms with E-state index in [1.165, 1.54) is 24.4 Å². The molecule has 30 heavy (non-hydrogen) atoms. The number of nitrogens with one attached hydrogen (secondary N) is 2. The Morgan fingerprint density at radius 3 is 2.47 bits per heavy atom. The van der Waals surface area contributed by atoms with Gasteiger partial charge in [-0.05, 0) is 55.2 Å². The molecule has 0 aliphatic carbocycles. The Labute approximate surface area is 174 Å². The number of hydrogen-bond acceptors (Lipinski definition) is 4. The first-order valence-corrected chi connectivity index (χ1v) is 11.4. The smallest absolute Gasteiger partial charge is 0.261 e. The molecule has 2 N–H and O–H groups in total. The van der Waals surface area contributed by atoms with Gasteiger partial charge in [0.25, 0.3) is 15.9 Å². The average molecular weight is 426 g/mol. The Kier molecular flexibility index (Phi) is 5.34. The number of H-pyrrole nitrogens is 1. The van der Waals surface area contributed by atoms with E-state index in [0.717, 1.165) is 24.8 Å². The predicted octanol–water partition coefficient (Wildman–Crippen LogP) is 3.13. The van der Waals surface area contributed by atoms with Crippen molar-refractivity contribution in [2.75, 3.05) is 17.8 Å². The predicted molar refractivity (Wildman–Crippen MR) is 116 cm³/mol. The van der Waals surface area contributed by atoms with Crippen LogP contribution in [0, 0.1) is 0 Å². The molecule has 0 atom stereocenters. The molecule has 2 aromatic carbocycles. The van der Waals surface area contributed by atoms with Crippen molar-refractivity contribution in [3.05, 3.63) is 70.0 Å². The molecule has 0 saturated carbocycles. The highest BCUT2D eigenvalue weighted by Gasteiger charge is 2.23. The van der Waals surface area contributed by atoms with Crippen molar-refractivity contribution in [3.63, 3.8) is 0 Å². The van der Waals surface area contributed by atoms with Gasteiger partial charge in [0, 0.05) is 35.9 Å². The fraction of sp³-hybridized carbons (Fsp3) is 0.273. The number of hydrogen-bond donors (Lipinski definition) is 2. The average Bonchev–Trinajstić information content (AvgIpc) is 3.29. The van der Waals surface area contributed by atoms with E-state index in [1.54, 1.807) is 17.0 Å². The number of benzene rings is 2. The molecule has 1 aliphatic rings. The van der Waals surface area contributed by atoms with Crippen LogP contribution in [0.5, 0.6) is 0 Å². The molecule has 0 spiro atoms.